The number of hydrogen-bond acceptors (Lipinski definition) is 4. The Kier molecular flexibility index (Phi) is 2.47. The number of rotatable bonds is 2. The van der Waals surface area contributed by atoms with Crippen molar-refractivity contribution in [1.29, 1.82) is 0 Å². The van der Waals surface area contributed by atoms with Crippen LogP contribution in [0.15, 0.2) is 35.2 Å². The molecule has 1 fully saturated rings. The molecule has 1 aromatic heterocycles. The molecule has 0 amide bonds. The van der Waals surface area contributed by atoms with Crippen molar-refractivity contribution in [3.63, 3.8) is 0 Å². The number of thiazole rings is 1. The van der Waals surface area contributed by atoms with Crippen molar-refractivity contribution in [3.8, 4) is 11.3 Å². The fourth-order valence-corrected chi connectivity index (χ4v) is 2.51. The van der Waals surface area contributed by atoms with E-state index in [-0.39, 0.29) is 6.17 Å². The van der Waals surface area contributed by atoms with Crippen LogP contribution >= 0.6 is 11.3 Å². The van der Waals surface area contributed by atoms with Crippen LogP contribution in [0.5, 0.6) is 0 Å². The lowest BCUT2D eigenvalue weighted by Gasteiger charge is -2.35. The zero-order valence-corrected chi connectivity index (χ0v) is 9.58. The van der Waals surface area contributed by atoms with Crippen LogP contribution in [0.3, 0.4) is 0 Å². The van der Waals surface area contributed by atoms with E-state index in [4.69, 9.17) is 5.73 Å². The van der Waals surface area contributed by atoms with Crippen LogP contribution < -0.4 is 11.1 Å². The summed E-state index contributed by atoms with van der Waals surface area (Å²) in [6.45, 7) is 0.983. The molecule has 1 aromatic carbocycles. The van der Waals surface area contributed by atoms with Crippen LogP contribution in [0.25, 0.3) is 11.3 Å². The molecule has 0 spiro atoms. The van der Waals surface area contributed by atoms with Gasteiger partial charge < -0.3 is 11.1 Å². The molecule has 0 aliphatic carbocycles. The largest absolute Gasteiger partial charge is 0.315 e. The van der Waals surface area contributed by atoms with E-state index in [0.717, 1.165) is 12.2 Å². The van der Waals surface area contributed by atoms with E-state index in [0.29, 0.717) is 5.92 Å². The van der Waals surface area contributed by atoms with Crippen molar-refractivity contribution in [3.05, 3.63) is 40.7 Å². The summed E-state index contributed by atoms with van der Waals surface area (Å²) >= 11 is 1.62. The molecule has 16 heavy (non-hydrogen) atoms. The average Bonchev–Trinajstić information content (AvgIpc) is 2.82. The molecule has 2 atom stereocenters. The zero-order valence-electron chi connectivity index (χ0n) is 8.76. The van der Waals surface area contributed by atoms with Gasteiger partial charge in [0, 0.05) is 23.4 Å². The molecule has 2 aromatic rings. The Balaban J connectivity index is 1.85. The monoisotopic (exact) mass is 231 g/mol. The van der Waals surface area contributed by atoms with Gasteiger partial charge in [0.1, 0.15) is 0 Å². The second kappa shape index (κ2) is 3.97. The molecule has 0 bridgehead atoms. The maximum atomic E-state index is 5.87. The molecule has 3 rings (SSSR count). The predicted molar refractivity (Wildman–Crippen MR) is 66.3 cm³/mol. The van der Waals surface area contributed by atoms with Gasteiger partial charge in [0.15, 0.2) is 0 Å². The Hall–Kier alpha value is -1.23. The number of nitrogens with one attached hydrogen (secondary N) is 1. The summed E-state index contributed by atoms with van der Waals surface area (Å²) in [6.07, 6.45) is 0.116. The fourth-order valence-electron chi connectivity index (χ4n) is 1.95. The standard InChI is InChI=1S/C12H13N3S/c13-12-10(5-14-12)8-1-3-9(4-2-8)11-6-16-7-15-11/h1-4,6-7,10,12,14H,5,13H2. The molecular formula is C12H13N3S. The first-order valence-electron chi connectivity index (χ1n) is 5.32. The van der Waals surface area contributed by atoms with E-state index in [9.17, 15) is 0 Å². The topological polar surface area (TPSA) is 50.9 Å². The third-order valence-electron chi connectivity index (χ3n) is 3.07. The molecule has 3 N–H and O–H groups in total. The highest BCUT2D eigenvalue weighted by Gasteiger charge is 2.27. The van der Waals surface area contributed by atoms with Gasteiger partial charge in [0.2, 0.25) is 0 Å². The van der Waals surface area contributed by atoms with Crippen LogP contribution in [-0.2, 0) is 0 Å². The lowest BCUT2D eigenvalue weighted by atomic mass is 9.89. The summed E-state index contributed by atoms with van der Waals surface area (Å²) in [6, 6.07) is 8.55. The highest BCUT2D eigenvalue weighted by atomic mass is 32.1. The van der Waals surface area contributed by atoms with E-state index in [2.05, 4.69) is 39.9 Å². The van der Waals surface area contributed by atoms with Gasteiger partial charge in [-0.2, -0.15) is 0 Å². The smallest absolute Gasteiger partial charge is 0.0811 e. The van der Waals surface area contributed by atoms with Crippen molar-refractivity contribution >= 4 is 11.3 Å². The number of aromatic nitrogens is 1. The van der Waals surface area contributed by atoms with Crippen molar-refractivity contribution in [2.75, 3.05) is 6.54 Å². The van der Waals surface area contributed by atoms with E-state index in [1.165, 1.54) is 11.1 Å². The Morgan fingerprint density at radius 2 is 2.12 bits per heavy atom. The number of nitrogens with zero attached hydrogens (tertiary/aromatic N) is 1. The molecule has 1 aliphatic rings. The first kappa shape index (κ1) is 9.96. The van der Waals surface area contributed by atoms with Gasteiger partial charge in [-0.05, 0) is 5.56 Å². The maximum Gasteiger partial charge on any atom is 0.0811 e. The Morgan fingerprint density at radius 3 is 2.62 bits per heavy atom. The highest BCUT2D eigenvalue weighted by molar-refractivity contribution is 7.07. The SMILES string of the molecule is NC1NCC1c1ccc(-c2cscn2)cc1. The Bertz CT molecular complexity index is 464. The van der Waals surface area contributed by atoms with Gasteiger partial charge in [-0.25, -0.2) is 4.98 Å². The summed E-state index contributed by atoms with van der Waals surface area (Å²) in [4.78, 5) is 4.29. The van der Waals surface area contributed by atoms with Crippen molar-refractivity contribution in [2.24, 2.45) is 5.73 Å². The quantitative estimate of drug-likeness (QED) is 0.828. The first-order valence-corrected chi connectivity index (χ1v) is 6.26. The van der Waals surface area contributed by atoms with Gasteiger partial charge >= 0.3 is 0 Å². The maximum absolute atomic E-state index is 5.87. The van der Waals surface area contributed by atoms with Crippen molar-refractivity contribution in [2.45, 2.75) is 12.1 Å². The normalized spacial score (nSPS) is 24.1. The minimum Gasteiger partial charge on any atom is -0.315 e. The van der Waals surface area contributed by atoms with Gasteiger partial charge in [0.25, 0.3) is 0 Å². The molecule has 82 valence electrons. The van der Waals surface area contributed by atoms with E-state index < -0.39 is 0 Å². The average molecular weight is 231 g/mol. The molecule has 4 heteroatoms. The molecule has 2 heterocycles. The number of hydrogen-bond donors (Lipinski definition) is 2. The lowest BCUT2D eigenvalue weighted by Crippen LogP contribution is -2.56. The molecule has 1 aliphatic heterocycles. The first-order chi connectivity index (χ1) is 7.84. The fraction of sp³-hybridized carbons (Fsp3) is 0.250. The minimum atomic E-state index is 0.116. The molecule has 0 radical (unpaired) electrons. The van der Waals surface area contributed by atoms with E-state index in [1.807, 2.05) is 5.51 Å². The van der Waals surface area contributed by atoms with Gasteiger partial charge in [-0.15, -0.1) is 11.3 Å². The minimum absolute atomic E-state index is 0.116. The van der Waals surface area contributed by atoms with E-state index in [1.54, 1.807) is 11.3 Å². The lowest BCUT2D eigenvalue weighted by molar-refractivity contribution is 0.319. The van der Waals surface area contributed by atoms with Crippen molar-refractivity contribution in [1.82, 2.24) is 10.3 Å². The van der Waals surface area contributed by atoms with Gasteiger partial charge in [-0.1, -0.05) is 24.3 Å². The zero-order chi connectivity index (χ0) is 11.0. The van der Waals surface area contributed by atoms with Crippen LogP contribution in [0.4, 0.5) is 0 Å². The van der Waals surface area contributed by atoms with E-state index >= 15 is 0 Å². The molecule has 1 saturated heterocycles. The van der Waals surface area contributed by atoms with Crippen LogP contribution in [0.1, 0.15) is 11.5 Å². The summed E-state index contributed by atoms with van der Waals surface area (Å²) in [5, 5.41) is 5.23. The molecule has 2 unspecified atom stereocenters. The second-order valence-corrected chi connectivity index (χ2v) is 4.75. The Labute approximate surface area is 98.3 Å². The molecule has 0 saturated carbocycles. The molecule has 3 nitrogen and oxygen atoms in total. The van der Waals surface area contributed by atoms with Crippen LogP contribution in [0, 0.1) is 0 Å². The highest BCUT2D eigenvalue weighted by Crippen LogP contribution is 2.26. The second-order valence-electron chi connectivity index (χ2n) is 4.04. The number of benzene rings is 1. The summed E-state index contributed by atoms with van der Waals surface area (Å²) < 4.78 is 0. The number of nitrogens with two attached hydrogens (primary N) is 1. The van der Waals surface area contributed by atoms with Gasteiger partial charge in [-0.3, -0.25) is 0 Å². The summed E-state index contributed by atoms with van der Waals surface area (Å²) in [5.74, 6) is 0.462. The third-order valence-corrected chi connectivity index (χ3v) is 3.66. The third kappa shape index (κ3) is 1.65. The summed E-state index contributed by atoms with van der Waals surface area (Å²) in [7, 11) is 0. The molecular weight excluding hydrogens is 218 g/mol. The summed E-state index contributed by atoms with van der Waals surface area (Å²) in [5.41, 5.74) is 11.3. The predicted octanol–water partition coefficient (Wildman–Crippen LogP) is 1.78. The van der Waals surface area contributed by atoms with Crippen molar-refractivity contribution < 1.29 is 0 Å². The van der Waals surface area contributed by atoms with Gasteiger partial charge in [0.05, 0.1) is 17.4 Å². The Morgan fingerprint density at radius 1 is 1.31 bits per heavy atom. The van der Waals surface area contributed by atoms with Crippen LogP contribution in [-0.4, -0.2) is 17.7 Å². The van der Waals surface area contributed by atoms with Crippen LogP contribution in [0.2, 0.25) is 0 Å².